The average Bonchev–Trinajstić information content (AvgIpc) is 2.32. The summed E-state index contributed by atoms with van der Waals surface area (Å²) >= 11 is 0.451. The van der Waals surface area contributed by atoms with E-state index in [1.165, 1.54) is 6.92 Å². The molecule has 0 aliphatic carbocycles. The van der Waals surface area contributed by atoms with Crippen LogP contribution in [-0.2, 0) is 15.0 Å². The van der Waals surface area contributed by atoms with E-state index in [0.29, 0.717) is 11.3 Å². The molecule has 0 fully saturated rings. The molecule has 0 radical (unpaired) electrons. The van der Waals surface area contributed by atoms with Gasteiger partial charge in [-0.2, -0.15) is 8.42 Å². The molecule has 0 aliphatic heterocycles. The largest absolute Gasteiger partial charge is 0.361 e. The summed E-state index contributed by atoms with van der Waals surface area (Å²) in [7, 11) is -4.82. The van der Waals surface area contributed by atoms with Crippen LogP contribution in [0, 0.1) is 0 Å². The summed E-state index contributed by atoms with van der Waals surface area (Å²) in [6.07, 6.45) is 0. The molecule has 1 rings (SSSR count). The van der Waals surface area contributed by atoms with Gasteiger partial charge in [0.2, 0.25) is 11.0 Å². The summed E-state index contributed by atoms with van der Waals surface area (Å²) in [6.45, 7) is 1.21. The van der Waals surface area contributed by atoms with Gasteiger partial charge in [0.1, 0.15) is 0 Å². The Morgan fingerprint density at radius 3 is 2.54 bits per heavy atom. The topological polar surface area (TPSA) is 89.0 Å². The van der Waals surface area contributed by atoms with Gasteiger partial charge in [-0.25, -0.2) is 0 Å². The summed E-state index contributed by atoms with van der Waals surface area (Å²) in [5, 5.41) is 8.39. The van der Waals surface area contributed by atoms with Crippen LogP contribution < -0.4 is 5.32 Å². The Bertz CT molecular complexity index is 426. The smallest absolute Gasteiger partial charge is 0.301 e. The highest BCUT2D eigenvalue weighted by molar-refractivity contribution is 7.88. The minimum absolute atomic E-state index is 0.0521. The first-order chi connectivity index (χ1) is 5.89. The van der Waals surface area contributed by atoms with Crippen LogP contribution in [0.15, 0.2) is 4.34 Å². The van der Waals surface area contributed by atoms with Gasteiger partial charge in [-0.1, -0.05) is 15.2 Å². The van der Waals surface area contributed by atoms with E-state index in [1.807, 2.05) is 0 Å². The lowest BCUT2D eigenvalue weighted by Gasteiger charge is -1.90. The number of anilines is 1. The van der Waals surface area contributed by atoms with Crippen molar-refractivity contribution in [2.75, 3.05) is 5.32 Å². The number of carbonyl (C=O) groups is 1. The first-order valence-corrected chi connectivity index (χ1v) is 5.15. The molecule has 1 aromatic heterocycles. The predicted octanol–water partition coefficient (Wildman–Crippen LogP) is 0.155. The predicted molar refractivity (Wildman–Crippen MR) is 42.5 cm³/mol. The van der Waals surface area contributed by atoms with Crippen LogP contribution in [0.4, 0.5) is 9.02 Å². The van der Waals surface area contributed by atoms with E-state index < -0.39 is 20.5 Å². The van der Waals surface area contributed by atoms with Crippen molar-refractivity contribution in [3.05, 3.63) is 0 Å². The molecule has 9 heteroatoms. The van der Waals surface area contributed by atoms with E-state index in [9.17, 15) is 17.1 Å². The van der Waals surface area contributed by atoms with Crippen molar-refractivity contribution in [2.24, 2.45) is 0 Å². The molecule has 0 atom stereocenters. The zero-order valence-electron chi connectivity index (χ0n) is 6.31. The maximum absolute atomic E-state index is 12.2. The van der Waals surface area contributed by atoms with E-state index in [-0.39, 0.29) is 5.13 Å². The van der Waals surface area contributed by atoms with Gasteiger partial charge in [-0.3, -0.25) is 4.79 Å². The van der Waals surface area contributed by atoms with Gasteiger partial charge in [0.05, 0.1) is 0 Å². The SMILES string of the molecule is CC(=O)Nc1nnc(S(=O)(=O)F)s1. The first kappa shape index (κ1) is 9.99. The molecular formula is C4H4FN3O3S2. The highest BCUT2D eigenvalue weighted by Crippen LogP contribution is 2.20. The molecule has 13 heavy (non-hydrogen) atoms. The molecule has 1 amide bonds. The summed E-state index contributed by atoms with van der Waals surface area (Å²) in [5.41, 5.74) is 0. The Hall–Kier alpha value is -1.09. The van der Waals surface area contributed by atoms with Gasteiger partial charge in [0.15, 0.2) is 0 Å². The van der Waals surface area contributed by atoms with Gasteiger partial charge in [-0.15, -0.1) is 10.2 Å². The maximum Gasteiger partial charge on any atom is 0.361 e. The number of carbonyl (C=O) groups excluding carboxylic acids is 1. The minimum atomic E-state index is -4.82. The average molecular weight is 225 g/mol. The fraction of sp³-hybridized carbons (Fsp3) is 0.250. The zero-order chi connectivity index (χ0) is 10.1. The summed E-state index contributed by atoms with van der Waals surface area (Å²) in [6, 6.07) is 0. The Kier molecular flexibility index (Phi) is 2.57. The van der Waals surface area contributed by atoms with Crippen molar-refractivity contribution >= 4 is 32.6 Å². The van der Waals surface area contributed by atoms with Crippen LogP contribution in [0.3, 0.4) is 0 Å². The van der Waals surface area contributed by atoms with E-state index in [1.54, 1.807) is 0 Å². The normalized spacial score (nSPS) is 11.2. The molecule has 6 nitrogen and oxygen atoms in total. The number of aromatic nitrogens is 2. The summed E-state index contributed by atoms with van der Waals surface area (Å²) in [5.74, 6) is -0.432. The van der Waals surface area contributed by atoms with Crippen molar-refractivity contribution in [1.29, 1.82) is 0 Å². The first-order valence-electron chi connectivity index (χ1n) is 2.95. The van der Waals surface area contributed by atoms with Gasteiger partial charge in [0, 0.05) is 6.92 Å². The molecule has 0 saturated carbocycles. The van der Waals surface area contributed by atoms with Crippen molar-refractivity contribution in [1.82, 2.24) is 10.2 Å². The van der Waals surface area contributed by atoms with E-state index >= 15 is 0 Å². The molecular weight excluding hydrogens is 221 g/mol. The monoisotopic (exact) mass is 225 g/mol. The number of hydrogen-bond donors (Lipinski definition) is 1. The van der Waals surface area contributed by atoms with Gasteiger partial charge < -0.3 is 5.32 Å². The Morgan fingerprint density at radius 2 is 2.15 bits per heavy atom. The lowest BCUT2D eigenvalue weighted by molar-refractivity contribution is -0.114. The number of nitrogens with one attached hydrogen (secondary N) is 1. The third-order valence-electron chi connectivity index (χ3n) is 0.898. The van der Waals surface area contributed by atoms with Crippen LogP contribution in [-0.4, -0.2) is 24.5 Å². The third-order valence-corrected chi connectivity index (χ3v) is 2.88. The standard InChI is InChI=1S/C4H4FN3O3S2/c1-2(9)6-3-7-8-4(12-3)13(5,10)11/h1H3,(H,6,7,9). The number of halogens is 1. The van der Waals surface area contributed by atoms with Crippen LogP contribution in [0.25, 0.3) is 0 Å². The molecule has 0 unspecified atom stereocenters. The quantitative estimate of drug-likeness (QED) is 0.571. The van der Waals surface area contributed by atoms with Crippen LogP contribution in [0.5, 0.6) is 0 Å². The molecule has 0 bridgehead atoms. The fourth-order valence-corrected chi connectivity index (χ4v) is 1.81. The van der Waals surface area contributed by atoms with Crippen LogP contribution in [0.2, 0.25) is 0 Å². The molecule has 0 aromatic carbocycles. The van der Waals surface area contributed by atoms with Crippen molar-refractivity contribution in [3.63, 3.8) is 0 Å². The second kappa shape index (κ2) is 3.34. The maximum atomic E-state index is 12.2. The summed E-state index contributed by atoms with van der Waals surface area (Å²) < 4.78 is 32.0. The van der Waals surface area contributed by atoms with Gasteiger partial charge in [-0.05, 0) is 0 Å². The highest BCUT2D eigenvalue weighted by Gasteiger charge is 2.18. The highest BCUT2D eigenvalue weighted by atomic mass is 32.3. The van der Waals surface area contributed by atoms with Gasteiger partial charge in [0.25, 0.3) is 4.34 Å². The molecule has 1 N–H and O–H groups in total. The lowest BCUT2D eigenvalue weighted by Crippen LogP contribution is -2.04. The molecule has 0 spiro atoms. The minimum Gasteiger partial charge on any atom is -0.301 e. The molecule has 0 aliphatic rings. The van der Waals surface area contributed by atoms with Crippen molar-refractivity contribution in [2.45, 2.75) is 11.3 Å². The van der Waals surface area contributed by atoms with Crippen molar-refractivity contribution in [3.8, 4) is 0 Å². The molecule has 0 saturated heterocycles. The Balaban J connectivity index is 2.94. The van der Waals surface area contributed by atoms with E-state index in [2.05, 4.69) is 15.5 Å². The zero-order valence-corrected chi connectivity index (χ0v) is 7.95. The third kappa shape index (κ3) is 2.70. The Morgan fingerprint density at radius 1 is 1.54 bits per heavy atom. The lowest BCUT2D eigenvalue weighted by atomic mass is 10.7. The fourth-order valence-electron chi connectivity index (χ4n) is 0.509. The van der Waals surface area contributed by atoms with Gasteiger partial charge >= 0.3 is 10.2 Å². The Labute approximate surface area is 77.0 Å². The number of hydrogen-bond acceptors (Lipinski definition) is 6. The van der Waals surface area contributed by atoms with Crippen molar-refractivity contribution < 1.29 is 17.1 Å². The van der Waals surface area contributed by atoms with E-state index in [4.69, 9.17) is 0 Å². The second-order valence-corrected chi connectivity index (χ2v) is 4.49. The van der Waals surface area contributed by atoms with Crippen LogP contribution in [0.1, 0.15) is 6.92 Å². The summed E-state index contributed by atoms with van der Waals surface area (Å²) in [4.78, 5) is 10.5. The number of amides is 1. The second-order valence-electron chi connectivity index (χ2n) is 1.99. The van der Waals surface area contributed by atoms with Crippen LogP contribution >= 0.6 is 11.3 Å². The molecule has 72 valence electrons. The van der Waals surface area contributed by atoms with E-state index in [0.717, 1.165) is 0 Å². The number of nitrogens with zero attached hydrogens (tertiary/aromatic N) is 2. The number of rotatable bonds is 2. The molecule has 1 aromatic rings. The molecule has 1 heterocycles.